The first-order valence-electron chi connectivity index (χ1n) is 15.5. The maximum absolute atomic E-state index is 14.1. The minimum absolute atomic E-state index is 0.122. The van der Waals surface area contributed by atoms with E-state index in [4.69, 9.17) is 14.0 Å². The lowest BCUT2D eigenvalue weighted by molar-refractivity contribution is -0.158. The van der Waals surface area contributed by atoms with Gasteiger partial charge in [0, 0.05) is 17.9 Å². The van der Waals surface area contributed by atoms with Crippen molar-refractivity contribution in [1.29, 1.82) is 0 Å². The number of hydrogen-bond donors (Lipinski definition) is 0. The Bertz CT molecular complexity index is 1280. The van der Waals surface area contributed by atoms with Gasteiger partial charge < -0.3 is 14.0 Å². The third-order valence-corrected chi connectivity index (χ3v) is 8.46. The molecule has 42 heavy (non-hydrogen) atoms. The molecule has 2 heterocycles. The van der Waals surface area contributed by atoms with Gasteiger partial charge in [0.15, 0.2) is 0 Å². The van der Waals surface area contributed by atoms with Gasteiger partial charge in [-0.05, 0) is 82.1 Å². The minimum atomic E-state index is -0.825. The van der Waals surface area contributed by atoms with Crippen LogP contribution in [0.5, 0.6) is 0 Å². The molecule has 8 heteroatoms. The molecule has 1 saturated heterocycles. The number of carbonyl (C=O) groups excluding carboxylic acids is 3. The fourth-order valence-corrected chi connectivity index (χ4v) is 6.61. The van der Waals surface area contributed by atoms with E-state index in [9.17, 15) is 14.4 Å². The molecule has 1 aliphatic heterocycles. The Labute approximate surface area is 249 Å². The molecule has 3 fully saturated rings. The van der Waals surface area contributed by atoms with Crippen molar-refractivity contribution in [2.45, 2.75) is 116 Å². The highest BCUT2D eigenvalue weighted by molar-refractivity contribution is 5.96. The van der Waals surface area contributed by atoms with Crippen LogP contribution < -0.4 is 0 Å². The van der Waals surface area contributed by atoms with Crippen LogP contribution in [0.15, 0.2) is 34.9 Å². The van der Waals surface area contributed by atoms with E-state index in [1.165, 1.54) is 11.3 Å². The van der Waals surface area contributed by atoms with Gasteiger partial charge in [0.05, 0.1) is 24.1 Å². The lowest BCUT2D eigenvalue weighted by Gasteiger charge is -2.38. The molecular weight excluding hydrogens is 532 g/mol. The summed E-state index contributed by atoms with van der Waals surface area (Å²) in [5.74, 6) is 0.636. The fourth-order valence-electron chi connectivity index (χ4n) is 6.61. The van der Waals surface area contributed by atoms with Gasteiger partial charge in [-0.15, -0.1) is 0 Å². The molecule has 0 N–H and O–H groups in total. The Morgan fingerprint density at radius 3 is 2.36 bits per heavy atom. The first kappa shape index (κ1) is 30.3. The van der Waals surface area contributed by atoms with Crippen LogP contribution in [-0.2, 0) is 31.9 Å². The molecule has 0 spiro atoms. The summed E-state index contributed by atoms with van der Waals surface area (Å²) >= 11 is 0. The Morgan fingerprint density at radius 1 is 1.05 bits per heavy atom. The van der Waals surface area contributed by atoms with Crippen LogP contribution >= 0.6 is 0 Å². The second-order valence-electron chi connectivity index (χ2n) is 14.8. The Hall–Kier alpha value is -3.16. The molecule has 0 bridgehead atoms. The molecule has 1 aromatic carbocycles. The summed E-state index contributed by atoms with van der Waals surface area (Å²) < 4.78 is 17.0. The summed E-state index contributed by atoms with van der Waals surface area (Å²) in [5.41, 5.74) is 2.47. The number of benzene rings is 1. The maximum atomic E-state index is 14.1. The molecule has 2 atom stereocenters. The molecule has 2 saturated carbocycles. The zero-order valence-electron chi connectivity index (χ0n) is 26.0. The number of amides is 2. The van der Waals surface area contributed by atoms with Crippen LogP contribution in [0.2, 0.25) is 0 Å². The highest BCUT2D eigenvalue weighted by Gasteiger charge is 2.45. The number of aromatic nitrogens is 1. The second kappa shape index (κ2) is 11.8. The predicted molar refractivity (Wildman–Crippen MR) is 158 cm³/mol. The number of ether oxygens (including phenoxy) is 2. The summed E-state index contributed by atoms with van der Waals surface area (Å²) in [6.07, 6.45) is 5.39. The normalized spacial score (nSPS) is 23.3. The number of carbonyl (C=O) groups is 3. The van der Waals surface area contributed by atoms with Gasteiger partial charge in [-0.2, -0.15) is 0 Å². The van der Waals surface area contributed by atoms with E-state index in [0.717, 1.165) is 48.3 Å². The number of nitrogens with zero attached hydrogens (tertiary/aromatic N) is 2. The molecule has 0 radical (unpaired) electrons. The standard InChI is InChI=1S/C34H46N2O6/c1-33(2,3)19-22-14-24(15-22)30-29(23-12-13-23)27(35-42-30)17-25(18-28(37)41-34(4,5)6)31(38)36-26(20-40-32(36)39)16-21-10-8-7-9-11-21/h7-11,22-26H,12-20H2,1-6H3/t22-,24+,25-,26+/m0/s1. The van der Waals surface area contributed by atoms with Gasteiger partial charge in [0.2, 0.25) is 5.91 Å². The van der Waals surface area contributed by atoms with E-state index in [1.807, 2.05) is 30.3 Å². The third kappa shape index (κ3) is 7.42. The average Bonchev–Trinajstić information content (AvgIpc) is 3.52. The molecule has 3 aliphatic rings. The molecule has 0 unspecified atom stereocenters. The van der Waals surface area contributed by atoms with Gasteiger partial charge in [-0.1, -0.05) is 56.3 Å². The number of hydrogen-bond acceptors (Lipinski definition) is 7. The van der Waals surface area contributed by atoms with Crippen LogP contribution in [0.3, 0.4) is 0 Å². The van der Waals surface area contributed by atoms with Crippen molar-refractivity contribution in [3.05, 3.63) is 52.9 Å². The molecule has 5 rings (SSSR count). The first-order valence-corrected chi connectivity index (χ1v) is 15.5. The van der Waals surface area contributed by atoms with Crippen molar-refractivity contribution in [2.75, 3.05) is 6.61 Å². The van der Waals surface area contributed by atoms with Crippen molar-refractivity contribution >= 4 is 18.0 Å². The van der Waals surface area contributed by atoms with Crippen LogP contribution in [-0.4, -0.2) is 46.3 Å². The van der Waals surface area contributed by atoms with Gasteiger partial charge in [-0.25, -0.2) is 9.69 Å². The second-order valence-corrected chi connectivity index (χ2v) is 14.8. The highest BCUT2D eigenvalue weighted by atomic mass is 16.6. The monoisotopic (exact) mass is 578 g/mol. The molecule has 2 aliphatic carbocycles. The Morgan fingerprint density at radius 2 is 1.74 bits per heavy atom. The molecule has 2 aromatic rings. The van der Waals surface area contributed by atoms with E-state index in [2.05, 4.69) is 25.9 Å². The zero-order valence-corrected chi connectivity index (χ0v) is 26.0. The van der Waals surface area contributed by atoms with Crippen LogP contribution in [0.4, 0.5) is 4.79 Å². The van der Waals surface area contributed by atoms with Crippen molar-refractivity contribution in [1.82, 2.24) is 10.1 Å². The predicted octanol–water partition coefficient (Wildman–Crippen LogP) is 6.96. The maximum Gasteiger partial charge on any atom is 0.416 e. The molecule has 8 nitrogen and oxygen atoms in total. The van der Waals surface area contributed by atoms with Gasteiger partial charge in [0.25, 0.3) is 0 Å². The van der Waals surface area contributed by atoms with Crippen molar-refractivity contribution < 1.29 is 28.4 Å². The van der Waals surface area contributed by atoms with E-state index in [-0.39, 0.29) is 19.4 Å². The lowest BCUT2D eigenvalue weighted by Crippen LogP contribution is -2.45. The third-order valence-electron chi connectivity index (χ3n) is 8.46. The molecular formula is C34H46N2O6. The highest BCUT2D eigenvalue weighted by Crippen LogP contribution is 2.52. The quantitative estimate of drug-likeness (QED) is 0.281. The molecule has 1 aromatic heterocycles. The lowest BCUT2D eigenvalue weighted by atomic mass is 9.67. The van der Waals surface area contributed by atoms with Crippen molar-refractivity contribution in [3.63, 3.8) is 0 Å². The van der Waals surface area contributed by atoms with Crippen LogP contribution in [0.25, 0.3) is 0 Å². The Kier molecular flexibility index (Phi) is 8.55. The summed E-state index contributed by atoms with van der Waals surface area (Å²) in [6, 6.07) is 9.28. The minimum Gasteiger partial charge on any atom is -0.460 e. The Balaban J connectivity index is 1.37. The summed E-state index contributed by atoms with van der Waals surface area (Å²) in [5, 5.41) is 4.50. The smallest absolute Gasteiger partial charge is 0.416 e. The van der Waals surface area contributed by atoms with Gasteiger partial charge in [-0.3, -0.25) is 9.59 Å². The van der Waals surface area contributed by atoms with Crippen molar-refractivity contribution in [2.24, 2.45) is 17.3 Å². The van der Waals surface area contributed by atoms with Gasteiger partial charge in [0.1, 0.15) is 18.0 Å². The van der Waals surface area contributed by atoms with E-state index < -0.39 is 35.5 Å². The first-order chi connectivity index (χ1) is 19.8. The number of cyclic esters (lactones) is 1. The van der Waals surface area contributed by atoms with Crippen LogP contribution in [0.1, 0.15) is 114 Å². The van der Waals surface area contributed by atoms with E-state index >= 15 is 0 Å². The van der Waals surface area contributed by atoms with E-state index in [0.29, 0.717) is 29.6 Å². The van der Waals surface area contributed by atoms with Crippen LogP contribution in [0, 0.1) is 17.3 Å². The topological polar surface area (TPSA) is 98.9 Å². The summed E-state index contributed by atoms with van der Waals surface area (Å²) in [6.45, 7) is 12.4. The largest absolute Gasteiger partial charge is 0.460 e. The number of rotatable bonds is 10. The SMILES string of the molecule is CC(C)(C)C[C@H]1C[C@@H](c2onc(C[C@@H](CC(=O)OC(C)(C)C)C(=O)N3C(=O)OC[C@H]3Cc3ccccc3)c2C2CC2)C1. The van der Waals surface area contributed by atoms with Crippen molar-refractivity contribution in [3.8, 4) is 0 Å². The summed E-state index contributed by atoms with van der Waals surface area (Å²) in [4.78, 5) is 41.2. The average molecular weight is 579 g/mol. The summed E-state index contributed by atoms with van der Waals surface area (Å²) in [7, 11) is 0. The zero-order chi connectivity index (χ0) is 30.2. The number of imide groups is 1. The molecule has 228 valence electrons. The van der Waals surface area contributed by atoms with E-state index in [1.54, 1.807) is 20.8 Å². The molecule has 2 amide bonds. The number of esters is 1. The fraction of sp³-hybridized carbons (Fsp3) is 0.647. The van der Waals surface area contributed by atoms with Gasteiger partial charge >= 0.3 is 12.1 Å².